The van der Waals surface area contributed by atoms with E-state index < -0.39 is 8.32 Å². The lowest BCUT2D eigenvalue weighted by Crippen LogP contribution is -2.44. The Bertz CT molecular complexity index is 1090. The zero-order valence-corrected chi connectivity index (χ0v) is 26.6. The van der Waals surface area contributed by atoms with E-state index in [9.17, 15) is 15.0 Å². The smallest absolute Gasteiger partial charge is 0.224 e. The summed E-state index contributed by atoms with van der Waals surface area (Å²) in [4.78, 5) is 12.6. The molecule has 0 heterocycles. The molecular formula is C33H52N2O4Si. The van der Waals surface area contributed by atoms with Crippen LogP contribution < -0.4 is 10.6 Å². The maximum atomic E-state index is 12.6. The van der Waals surface area contributed by atoms with Crippen LogP contribution in [0.3, 0.4) is 0 Å². The van der Waals surface area contributed by atoms with Gasteiger partial charge in [-0.2, -0.15) is 0 Å². The Hall–Kier alpha value is -2.19. The Labute approximate surface area is 243 Å². The average Bonchev–Trinajstić information content (AvgIpc) is 2.90. The number of aromatic hydroxyl groups is 1. The van der Waals surface area contributed by atoms with Gasteiger partial charge in [0.25, 0.3) is 0 Å². The van der Waals surface area contributed by atoms with Crippen LogP contribution in [0.2, 0.25) is 18.1 Å². The Balaban J connectivity index is 1.60. The minimum atomic E-state index is -2.08. The van der Waals surface area contributed by atoms with Crippen LogP contribution in [0.1, 0.15) is 88.2 Å². The van der Waals surface area contributed by atoms with Gasteiger partial charge in [-0.1, -0.05) is 70.4 Å². The molecule has 4 N–H and O–H groups in total. The molecule has 2 aromatic rings. The standard InChI is InChI=1S/C33H52N2O4Si/c1-24(17-26-13-10-14-27(18-26)19-32(38)35-21-25-11-8-7-9-12-25)34-22-31(39-40(5,6)33(2,3)4)28-15-16-30(37)29(20-28)23-36/h10,13-16,18,20,24-25,31,34,36-37H,7-9,11-12,17,19,21-23H2,1-6H3,(H,35,38)/t24-,31+/m1/s1. The molecule has 1 amide bonds. The van der Waals surface area contributed by atoms with Crippen LogP contribution in [0.4, 0.5) is 0 Å². The molecule has 6 nitrogen and oxygen atoms in total. The molecule has 0 bridgehead atoms. The van der Waals surface area contributed by atoms with Gasteiger partial charge in [0.1, 0.15) is 5.75 Å². The topological polar surface area (TPSA) is 90.8 Å². The summed E-state index contributed by atoms with van der Waals surface area (Å²) in [5.41, 5.74) is 3.71. The number of hydrogen-bond acceptors (Lipinski definition) is 5. The Kier molecular flexibility index (Phi) is 11.8. The number of hydrogen-bond donors (Lipinski definition) is 4. The fourth-order valence-corrected chi connectivity index (χ4v) is 6.47. The van der Waals surface area contributed by atoms with Gasteiger partial charge < -0.3 is 25.3 Å². The van der Waals surface area contributed by atoms with Crippen LogP contribution in [0, 0.1) is 5.92 Å². The van der Waals surface area contributed by atoms with E-state index in [1.165, 1.54) is 37.7 Å². The Morgan fingerprint density at radius 1 is 1.07 bits per heavy atom. The van der Waals surface area contributed by atoms with Crippen LogP contribution in [-0.4, -0.2) is 43.6 Å². The van der Waals surface area contributed by atoms with Gasteiger partial charge in [-0.05, 0) is 79.1 Å². The summed E-state index contributed by atoms with van der Waals surface area (Å²) in [6.07, 6.45) is 7.42. The number of aliphatic hydroxyl groups is 1. The molecule has 0 saturated heterocycles. The number of phenols is 1. The third kappa shape index (κ3) is 9.72. The highest BCUT2D eigenvalue weighted by molar-refractivity contribution is 6.74. The van der Waals surface area contributed by atoms with Crippen LogP contribution in [-0.2, 0) is 28.7 Å². The van der Waals surface area contributed by atoms with Crippen molar-refractivity contribution in [1.82, 2.24) is 10.6 Å². The van der Waals surface area contributed by atoms with Gasteiger partial charge in [-0.15, -0.1) is 0 Å². The molecule has 0 unspecified atom stereocenters. The van der Waals surface area contributed by atoms with Gasteiger partial charge >= 0.3 is 0 Å². The fourth-order valence-electron chi connectivity index (χ4n) is 5.19. The lowest BCUT2D eigenvalue weighted by atomic mass is 9.89. The van der Waals surface area contributed by atoms with Crippen molar-refractivity contribution in [2.75, 3.05) is 13.1 Å². The second-order valence-electron chi connectivity index (χ2n) is 13.2. The number of carbonyl (C=O) groups is 1. The van der Waals surface area contributed by atoms with Crippen LogP contribution in [0.15, 0.2) is 42.5 Å². The molecule has 2 aromatic carbocycles. The van der Waals surface area contributed by atoms with Gasteiger partial charge in [-0.3, -0.25) is 4.79 Å². The number of amides is 1. The summed E-state index contributed by atoms with van der Waals surface area (Å²) >= 11 is 0. The molecular weight excluding hydrogens is 516 g/mol. The third-order valence-corrected chi connectivity index (χ3v) is 13.2. The largest absolute Gasteiger partial charge is 0.508 e. The SMILES string of the molecule is C[C@H](Cc1cccc(CC(=O)NCC2CCCCC2)c1)NC[C@H](O[Si](C)(C)C(C)(C)C)c1ccc(O)c(CO)c1. The third-order valence-electron chi connectivity index (χ3n) is 8.75. The monoisotopic (exact) mass is 568 g/mol. The van der Waals surface area contributed by atoms with Crippen LogP contribution >= 0.6 is 0 Å². The zero-order valence-electron chi connectivity index (χ0n) is 25.6. The summed E-state index contributed by atoms with van der Waals surface area (Å²) in [5, 5.41) is 26.7. The van der Waals surface area contributed by atoms with E-state index in [0.29, 0.717) is 24.4 Å². The maximum Gasteiger partial charge on any atom is 0.224 e. The number of benzene rings is 2. The van der Waals surface area contributed by atoms with Crippen LogP contribution in [0.25, 0.3) is 0 Å². The summed E-state index contributed by atoms with van der Waals surface area (Å²) in [6, 6.07) is 13.9. The minimum absolute atomic E-state index is 0.0523. The second kappa shape index (κ2) is 14.6. The normalized spacial score (nSPS) is 16.5. The second-order valence-corrected chi connectivity index (χ2v) is 18.0. The molecule has 2 atom stereocenters. The first-order chi connectivity index (χ1) is 18.9. The quantitative estimate of drug-likeness (QED) is 0.210. The highest BCUT2D eigenvalue weighted by Crippen LogP contribution is 2.40. The molecule has 1 fully saturated rings. The van der Waals surface area contributed by atoms with Crippen molar-refractivity contribution >= 4 is 14.2 Å². The molecule has 1 aliphatic carbocycles. The van der Waals surface area contributed by atoms with E-state index in [0.717, 1.165) is 24.1 Å². The summed E-state index contributed by atoms with van der Waals surface area (Å²) in [6.45, 7) is 14.5. The molecule has 0 aliphatic heterocycles. The fraction of sp³-hybridized carbons (Fsp3) is 0.606. The van der Waals surface area contributed by atoms with Gasteiger partial charge in [0, 0.05) is 24.7 Å². The first kappa shape index (κ1) is 32.3. The zero-order chi connectivity index (χ0) is 29.3. The van der Waals surface area contributed by atoms with Crippen molar-refractivity contribution in [1.29, 1.82) is 0 Å². The number of carbonyl (C=O) groups excluding carboxylic acids is 1. The summed E-state index contributed by atoms with van der Waals surface area (Å²) in [5.74, 6) is 0.842. The predicted octanol–water partition coefficient (Wildman–Crippen LogP) is 6.41. The number of nitrogens with one attached hydrogen (secondary N) is 2. The Morgan fingerprint density at radius 2 is 1.77 bits per heavy atom. The molecule has 7 heteroatoms. The first-order valence-corrected chi connectivity index (χ1v) is 18.0. The molecule has 3 rings (SSSR count). The van der Waals surface area contributed by atoms with Gasteiger partial charge in [0.15, 0.2) is 8.32 Å². The van der Waals surface area contributed by atoms with Gasteiger partial charge in [0.2, 0.25) is 5.91 Å². The van der Waals surface area contributed by atoms with E-state index in [-0.39, 0.29) is 35.4 Å². The lowest BCUT2D eigenvalue weighted by Gasteiger charge is -2.40. The van der Waals surface area contributed by atoms with Gasteiger partial charge in [-0.25, -0.2) is 0 Å². The molecule has 222 valence electrons. The lowest BCUT2D eigenvalue weighted by molar-refractivity contribution is -0.120. The molecule has 0 spiro atoms. The van der Waals surface area contributed by atoms with Crippen molar-refractivity contribution in [2.24, 2.45) is 5.92 Å². The van der Waals surface area contributed by atoms with E-state index in [1.807, 2.05) is 24.3 Å². The summed E-state index contributed by atoms with van der Waals surface area (Å²) < 4.78 is 6.83. The van der Waals surface area contributed by atoms with Gasteiger partial charge in [0.05, 0.1) is 19.1 Å². The predicted molar refractivity (Wildman–Crippen MR) is 166 cm³/mol. The number of aliphatic hydroxyl groups excluding tert-OH is 1. The van der Waals surface area contributed by atoms with Crippen molar-refractivity contribution in [3.8, 4) is 5.75 Å². The van der Waals surface area contributed by atoms with Crippen molar-refractivity contribution in [3.63, 3.8) is 0 Å². The molecule has 0 aromatic heterocycles. The Morgan fingerprint density at radius 3 is 2.45 bits per heavy atom. The highest BCUT2D eigenvalue weighted by Gasteiger charge is 2.39. The van der Waals surface area contributed by atoms with E-state index in [2.05, 4.69) is 63.6 Å². The van der Waals surface area contributed by atoms with Crippen LogP contribution in [0.5, 0.6) is 5.75 Å². The minimum Gasteiger partial charge on any atom is -0.508 e. The first-order valence-electron chi connectivity index (χ1n) is 15.1. The van der Waals surface area contributed by atoms with Crippen molar-refractivity contribution in [2.45, 2.75) is 110 Å². The molecule has 40 heavy (non-hydrogen) atoms. The van der Waals surface area contributed by atoms with Crippen molar-refractivity contribution in [3.05, 3.63) is 64.7 Å². The highest BCUT2D eigenvalue weighted by atomic mass is 28.4. The maximum absolute atomic E-state index is 12.6. The molecule has 0 radical (unpaired) electrons. The van der Waals surface area contributed by atoms with E-state index in [4.69, 9.17) is 4.43 Å². The number of rotatable bonds is 13. The molecule has 1 aliphatic rings. The van der Waals surface area contributed by atoms with E-state index in [1.54, 1.807) is 6.07 Å². The summed E-state index contributed by atoms with van der Waals surface area (Å²) in [7, 11) is -2.08. The molecule has 1 saturated carbocycles. The van der Waals surface area contributed by atoms with E-state index >= 15 is 0 Å². The van der Waals surface area contributed by atoms with Crippen molar-refractivity contribution < 1.29 is 19.4 Å². The average molecular weight is 569 g/mol.